The first kappa shape index (κ1) is 17.1. The fraction of sp³-hybridized carbons (Fsp3) is 0.562. The minimum absolute atomic E-state index is 0.169. The molecule has 1 atom stereocenters. The summed E-state index contributed by atoms with van der Waals surface area (Å²) in [5, 5.41) is 3.43. The number of carbonyl (C=O) groups is 1. The van der Waals surface area contributed by atoms with E-state index in [2.05, 4.69) is 5.32 Å². The topological polar surface area (TPSA) is 73.6 Å². The van der Waals surface area contributed by atoms with Gasteiger partial charge >= 0.3 is 0 Å². The Hall–Kier alpha value is -1.30. The molecular formula is C16H23ClN2O3. The van der Waals surface area contributed by atoms with E-state index < -0.39 is 0 Å². The van der Waals surface area contributed by atoms with Gasteiger partial charge in [0.1, 0.15) is 12.4 Å². The lowest BCUT2D eigenvalue weighted by atomic mass is 10.0. The van der Waals surface area contributed by atoms with Crippen molar-refractivity contribution in [1.29, 1.82) is 0 Å². The molecule has 1 aliphatic rings. The van der Waals surface area contributed by atoms with Crippen LogP contribution in [0.25, 0.3) is 0 Å². The molecule has 1 amide bonds. The highest BCUT2D eigenvalue weighted by molar-refractivity contribution is 6.31. The smallest absolute Gasteiger partial charge is 0.255 e. The molecule has 5 nitrogen and oxygen atoms in total. The average molecular weight is 327 g/mol. The molecule has 0 saturated carbocycles. The van der Waals surface area contributed by atoms with Gasteiger partial charge in [-0.15, -0.1) is 0 Å². The van der Waals surface area contributed by atoms with Crippen LogP contribution in [0.2, 0.25) is 5.02 Å². The van der Waals surface area contributed by atoms with Gasteiger partial charge in [0.25, 0.3) is 5.91 Å². The maximum atomic E-state index is 12.3. The van der Waals surface area contributed by atoms with Gasteiger partial charge in [0.2, 0.25) is 0 Å². The van der Waals surface area contributed by atoms with Gasteiger partial charge in [0, 0.05) is 31.3 Å². The zero-order valence-corrected chi connectivity index (χ0v) is 13.4. The zero-order valence-electron chi connectivity index (χ0n) is 12.6. The van der Waals surface area contributed by atoms with E-state index in [0.717, 1.165) is 32.5 Å². The van der Waals surface area contributed by atoms with E-state index in [1.54, 1.807) is 18.2 Å². The van der Waals surface area contributed by atoms with Crippen molar-refractivity contribution in [3.63, 3.8) is 0 Å². The number of rotatable bonds is 8. The van der Waals surface area contributed by atoms with E-state index in [1.807, 2.05) is 0 Å². The first-order valence-corrected chi connectivity index (χ1v) is 8.07. The van der Waals surface area contributed by atoms with Crippen molar-refractivity contribution in [2.75, 3.05) is 32.9 Å². The highest BCUT2D eigenvalue weighted by Crippen LogP contribution is 2.23. The molecule has 1 aromatic carbocycles. The summed E-state index contributed by atoms with van der Waals surface area (Å²) in [6.45, 7) is 3.11. The summed E-state index contributed by atoms with van der Waals surface area (Å²) in [7, 11) is 0. The molecule has 1 aromatic rings. The number of nitrogens with one attached hydrogen (secondary N) is 1. The van der Waals surface area contributed by atoms with Crippen LogP contribution in [0.5, 0.6) is 5.75 Å². The fourth-order valence-electron chi connectivity index (χ4n) is 2.47. The van der Waals surface area contributed by atoms with Crippen molar-refractivity contribution < 1.29 is 14.3 Å². The Morgan fingerprint density at radius 2 is 2.36 bits per heavy atom. The van der Waals surface area contributed by atoms with Gasteiger partial charge in [-0.05, 0) is 43.4 Å². The SMILES string of the molecule is NCCOc1ccc(Cl)cc1C(=O)NCCC[C@@H]1CCOC1. The Morgan fingerprint density at radius 1 is 1.50 bits per heavy atom. The summed E-state index contributed by atoms with van der Waals surface area (Å²) in [5.41, 5.74) is 5.88. The molecule has 0 aliphatic carbocycles. The normalized spacial score (nSPS) is 17.5. The number of ether oxygens (including phenoxy) is 2. The minimum Gasteiger partial charge on any atom is -0.491 e. The van der Waals surface area contributed by atoms with Gasteiger partial charge in [0.05, 0.1) is 5.56 Å². The second-order valence-corrected chi connectivity index (χ2v) is 5.84. The summed E-state index contributed by atoms with van der Waals surface area (Å²) < 4.78 is 10.8. The standard InChI is InChI=1S/C16H23ClN2O3/c17-13-3-4-15(22-9-6-18)14(10-13)16(20)19-7-1-2-12-5-8-21-11-12/h3-4,10,12H,1-2,5-9,11,18H2,(H,19,20)/t12-/m1/s1. The average Bonchev–Trinajstić information content (AvgIpc) is 3.03. The van der Waals surface area contributed by atoms with Crippen LogP contribution in [0.1, 0.15) is 29.6 Å². The van der Waals surface area contributed by atoms with Gasteiger partial charge in [0.15, 0.2) is 0 Å². The van der Waals surface area contributed by atoms with Crippen LogP contribution in [-0.4, -0.2) is 38.8 Å². The fourth-order valence-corrected chi connectivity index (χ4v) is 2.65. The zero-order chi connectivity index (χ0) is 15.8. The summed E-state index contributed by atoms with van der Waals surface area (Å²) in [5.74, 6) is 0.972. The maximum Gasteiger partial charge on any atom is 0.255 e. The van der Waals surface area contributed by atoms with E-state index in [9.17, 15) is 4.79 Å². The summed E-state index contributed by atoms with van der Waals surface area (Å²) in [6, 6.07) is 5.01. The molecule has 0 bridgehead atoms. The molecule has 0 unspecified atom stereocenters. The molecule has 0 radical (unpaired) electrons. The van der Waals surface area contributed by atoms with Crippen molar-refractivity contribution in [3.8, 4) is 5.75 Å². The van der Waals surface area contributed by atoms with E-state index in [-0.39, 0.29) is 5.91 Å². The quantitative estimate of drug-likeness (QED) is 0.718. The van der Waals surface area contributed by atoms with Crippen molar-refractivity contribution >= 4 is 17.5 Å². The molecule has 0 aromatic heterocycles. The third-order valence-corrected chi connectivity index (χ3v) is 3.90. The Morgan fingerprint density at radius 3 is 3.09 bits per heavy atom. The molecule has 3 N–H and O–H groups in total. The van der Waals surface area contributed by atoms with Gasteiger partial charge in [-0.2, -0.15) is 0 Å². The number of nitrogens with two attached hydrogens (primary N) is 1. The lowest BCUT2D eigenvalue weighted by molar-refractivity contribution is 0.0948. The minimum atomic E-state index is -0.169. The van der Waals surface area contributed by atoms with Crippen LogP contribution < -0.4 is 15.8 Å². The highest BCUT2D eigenvalue weighted by Gasteiger charge is 2.16. The van der Waals surface area contributed by atoms with Crippen LogP contribution in [0.15, 0.2) is 18.2 Å². The van der Waals surface area contributed by atoms with E-state index in [0.29, 0.717) is 41.9 Å². The van der Waals surface area contributed by atoms with Crippen LogP contribution in [0, 0.1) is 5.92 Å². The first-order valence-electron chi connectivity index (χ1n) is 7.69. The second-order valence-electron chi connectivity index (χ2n) is 5.41. The molecule has 2 rings (SSSR count). The van der Waals surface area contributed by atoms with Crippen molar-refractivity contribution in [2.45, 2.75) is 19.3 Å². The number of hydrogen-bond acceptors (Lipinski definition) is 4. The van der Waals surface area contributed by atoms with Gasteiger partial charge in [-0.3, -0.25) is 4.79 Å². The number of hydrogen-bond donors (Lipinski definition) is 2. The van der Waals surface area contributed by atoms with Gasteiger partial charge in [-0.1, -0.05) is 11.6 Å². The molecule has 1 heterocycles. The largest absolute Gasteiger partial charge is 0.491 e. The Balaban J connectivity index is 1.83. The Bertz CT molecular complexity index is 490. The first-order chi connectivity index (χ1) is 10.7. The lowest BCUT2D eigenvalue weighted by Crippen LogP contribution is -2.26. The molecule has 0 spiro atoms. The molecule has 1 aliphatic heterocycles. The predicted molar refractivity (Wildman–Crippen MR) is 86.5 cm³/mol. The molecule has 22 heavy (non-hydrogen) atoms. The summed E-state index contributed by atoms with van der Waals surface area (Å²) in [4.78, 5) is 12.3. The van der Waals surface area contributed by atoms with Gasteiger partial charge in [-0.25, -0.2) is 0 Å². The van der Waals surface area contributed by atoms with Crippen LogP contribution >= 0.6 is 11.6 Å². The number of halogens is 1. The third-order valence-electron chi connectivity index (χ3n) is 3.66. The monoisotopic (exact) mass is 326 g/mol. The van der Waals surface area contributed by atoms with E-state index in [1.165, 1.54) is 0 Å². The van der Waals surface area contributed by atoms with Crippen LogP contribution in [-0.2, 0) is 4.74 Å². The Labute approximate surface area is 136 Å². The highest BCUT2D eigenvalue weighted by atomic mass is 35.5. The van der Waals surface area contributed by atoms with E-state index >= 15 is 0 Å². The molecular weight excluding hydrogens is 304 g/mol. The molecule has 6 heteroatoms. The second kappa shape index (κ2) is 8.98. The number of carbonyl (C=O) groups excluding carboxylic acids is 1. The third kappa shape index (κ3) is 5.16. The lowest BCUT2D eigenvalue weighted by Gasteiger charge is -2.12. The maximum absolute atomic E-state index is 12.3. The number of benzene rings is 1. The van der Waals surface area contributed by atoms with Crippen LogP contribution in [0.4, 0.5) is 0 Å². The number of amides is 1. The van der Waals surface area contributed by atoms with Crippen molar-refractivity contribution in [1.82, 2.24) is 5.32 Å². The summed E-state index contributed by atoms with van der Waals surface area (Å²) >= 11 is 5.97. The molecule has 122 valence electrons. The molecule has 1 fully saturated rings. The van der Waals surface area contributed by atoms with E-state index in [4.69, 9.17) is 26.8 Å². The van der Waals surface area contributed by atoms with Crippen molar-refractivity contribution in [2.24, 2.45) is 11.7 Å². The van der Waals surface area contributed by atoms with Gasteiger partial charge < -0.3 is 20.5 Å². The Kier molecular flexibility index (Phi) is 6.96. The molecule has 1 saturated heterocycles. The van der Waals surface area contributed by atoms with Crippen molar-refractivity contribution in [3.05, 3.63) is 28.8 Å². The summed E-state index contributed by atoms with van der Waals surface area (Å²) in [6.07, 6.45) is 3.14. The van der Waals surface area contributed by atoms with Crippen LogP contribution in [0.3, 0.4) is 0 Å². The predicted octanol–water partition coefficient (Wildman–Crippen LogP) is 2.22.